The number of H-pyrrole nitrogens is 1. The van der Waals surface area contributed by atoms with Gasteiger partial charge in [-0.1, -0.05) is 6.07 Å². The van der Waals surface area contributed by atoms with Gasteiger partial charge in [0.15, 0.2) is 17.3 Å². The lowest BCUT2D eigenvalue weighted by molar-refractivity contribution is -0.192. The first kappa shape index (κ1) is 22.5. The Kier molecular flexibility index (Phi) is 6.25. The Balaban J connectivity index is 0.000000360. The van der Waals surface area contributed by atoms with Crippen molar-refractivity contribution in [1.29, 1.82) is 5.26 Å². The zero-order valence-corrected chi connectivity index (χ0v) is 16.9. The van der Waals surface area contributed by atoms with E-state index in [-0.39, 0.29) is 0 Å². The lowest BCUT2D eigenvalue weighted by Crippen LogP contribution is -2.21. The van der Waals surface area contributed by atoms with Crippen LogP contribution in [0.4, 0.5) is 24.7 Å². The van der Waals surface area contributed by atoms with E-state index in [1.54, 1.807) is 26.4 Å². The van der Waals surface area contributed by atoms with Gasteiger partial charge in [0.05, 0.1) is 31.5 Å². The van der Waals surface area contributed by atoms with Gasteiger partial charge >= 0.3 is 12.1 Å². The van der Waals surface area contributed by atoms with Crippen molar-refractivity contribution in [2.24, 2.45) is 0 Å². The molecule has 1 aliphatic carbocycles. The number of carboxylic acids is 1. The predicted octanol–water partition coefficient (Wildman–Crippen LogP) is 4.25. The fourth-order valence-corrected chi connectivity index (χ4v) is 3.16. The largest absolute Gasteiger partial charge is 0.493 e. The molecule has 166 valence electrons. The molecule has 0 spiro atoms. The van der Waals surface area contributed by atoms with Crippen LogP contribution in [0.5, 0.6) is 11.5 Å². The van der Waals surface area contributed by atoms with Gasteiger partial charge < -0.3 is 19.9 Å². The van der Waals surface area contributed by atoms with E-state index in [0.29, 0.717) is 11.3 Å². The second kappa shape index (κ2) is 8.89. The number of aromatic amines is 1. The molecular weight excluding hydrogens is 429 g/mol. The first-order valence-electron chi connectivity index (χ1n) is 9.07. The second-order valence-electron chi connectivity index (χ2n) is 6.59. The fourth-order valence-electron chi connectivity index (χ4n) is 3.16. The molecule has 0 saturated carbocycles. The highest BCUT2D eigenvalue weighted by atomic mass is 19.4. The minimum Gasteiger partial charge on any atom is -0.493 e. The Morgan fingerprint density at radius 3 is 2.47 bits per heavy atom. The number of anilines is 2. The second-order valence-corrected chi connectivity index (χ2v) is 6.59. The molecule has 0 bridgehead atoms. The number of ether oxygens (including phenoxy) is 2. The highest BCUT2D eigenvalue weighted by molar-refractivity contribution is 5.81. The van der Waals surface area contributed by atoms with Crippen molar-refractivity contribution in [3.63, 3.8) is 0 Å². The SMILES string of the molecule is COc1cc2c(cc1OC)-c1[nH]nc(Nc3cccc(C#N)c3)c1C2.O=C(O)C(F)(F)F. The van der Waals surface area contributed by atoms with Crippen LogP contribution in [0, 0.1) is 11.3 Å². The monoisotopic (exact) mass is 446 g/mol. The summed E-state index contributed by atoms with van der Waals surface area (Å²) in [6.45, 7) is 0. The maximum Gasteiger partial charge on any atom is 0.490 e. The van der Waals surface area contributed by atoms with Crippen molar-refractivity contribution in [3.05, 3.63) is 53.1 Å². The van der Waals surface area contributed by atoms with E-state index >= 15 is 0 Å². The van der Waals surface area contributed by atoms with Crippen molar-refractivity contribution < 1.29 is 32.5 Å². The number of alkyl halides is 3. The summed E-state index contributed by atoms with van der Waals surface area (Å²) in [5.74, 6) is -0.581. The normalized spacial score (nSPS) is 11.4. The number of benzene rings is 2. The van der Waals surface area contributed by atoms with Gasteiger partial charge in [0.1, 0.15) is 0 Å². The molecule has 1 heterocycles. The van der Waals surface area contributed by atoms with Crippen LogP contribution < -0.4 is 14.8 Å². The predicted molar refractivity (Wildman–Crippen MR) is 108 cm³/mol. The number of hydrogen-bond donors (Lipinski definition) is 3. The third-order valence-electron chi connectivity index (χ3n) is 4.61. The van der Waals surface area contributed by atoms with Crippen molar-refractivity contribution in [2.45, 2.75) is 12.6 Å². The lowest BCUT2D eigenvalue weighted by Gasteiger charge is -2.10. The summed E-state index contributed by atoms with van der Waals surface area (Å²) in [4.78, 5) is 8.90. The number of aliphatic carboxylic acids is 1. The molecule has 11 heteroatoms. The number of nitrogens with zero attached hydrogens (tertiary/aromatic N) is 2. The number of carbonyl (C=O) groups is 1. The van der Waals surface area contributed by atoms with Crippen LogP contribution in [-0.4, -0.2) is 41.7 Å². The minimum absolute atomic E-state index is 0.606. The van der Waals surface area contributed by atoms with E-state index in [1.165, 1.54) is 0 Å². The van der Waals surface area contributed by atoms with Crippen LogP contribution in [0.3, 0.4) is 0 Å². The molecule has 0 amide bonds. The number of hydrogen-bond acceptors (Lipinski definition) is 6. The summed E-state index contributed by atoms with van der Waals surface area (Å²) >= 11 is 0. The van der Waals surface area contributed by atoms with Gasteiger partial charge in [-0.05, 0) is 35.9 Å². The quantitative estimate of drug-likeness (QED) is 0.429. The van der Waals surface area contributed by atoms with Crippen molar-refractivity contribution in [1.82, 2.24) is 10.2 Å². The fraction of sp³-hybridized carbons (Fsp3) is 0.190. The van der Waals surface area contributed by atoms with E-state index < -0.39 is 12.1 Å². The molecule has 32 heavy (non-hydrogen) atoms. The number of aromatic nitrogens is 2. The van der Waals surface area contributed by atoms with E-state index in [4.69, 9.17) is 24.6 Å². The van der Waals surface area contributed by atoms with E-state index in [2.05, 4.69) is 21.6 Å². The van der Waals surface area contributed by atoms with Crippen molar-refractivity contribution >= 4 is 17.5 Å². The number of methoxy groups -OCH3 is 2. The molecular formula is C21H17F3N4O4. The van der Waals surface area contributed by atoms with Crippen LogP contribution >= 0.6 is 0 Å². The molecule has 1 aliphatic rings. The average Bonchev–Trinajstić information content (AvgIpc) is 3.31. The molecule has 0 radical (unpaired) electrons. The Bertz CT molecular complexity index is 1200. The van der Waals surface area contributed by atoms with Gasteiger partial charge in [0.2, 0.25) is 0 Å². The average molecular weight is 446 g/mol. The van der Waals surface area contributed by atoms with Crippen molar-refractivity contribution in [2.75, 3.05) is 19.5 Å². The van der Waals surface area contributed by atoms with Gasteiger partial charge in [0, 0.05) is 23.2 Å². The molecule has 0 atom stereocenters. The molecule has 1 aromatic heterocycles. The van der Waals surface area contributed by atoms with Crippen LogP contribution in [-0.2, 0) is 11.2 Å². The van der Waals surface area contributed by atoms with Crippen LogP contribution in [0.15, 0.2) is 36.4 Å². The van der Waals surface area contributed by atoms with Gasteiger partial charge in [0.25, 0.3) is 0 Å². The number of nitrogens with one attached hydrogen (secondary N) is 2. The Hall–Kier alpha value is -4.20. The molecule has 0 saturated heterocycles. The maximum atomic E-state index is 10.6. The minimum atomic E-state index is -5.08. The Morgan fingerprint density at radius 2 is 1.88 bits per heavy atom. The highest BCUT2D eigenvalue weighted by Crippen LogP contribution is 2.44. The Morgan fingerprint density at radius 1 is 1.22 bits per heavy atom. The summed E-state index contributed by atoms with van der Waals surface area (Å²) < 4.78 is 42.5. The summed E-state index contributed by atoms with van der Waals surface area (Å²) in [6.07, 6.45) is -4.33. The number of rotatable bonds is 4. The summed E-state index contributed by atoms with van der Waals surface area (Å²) in [5.41, 5.74) is 5.74. The molecule has 8 nitrogen and oxygen atoms in total. The molecule has 0 unspecified atom stereocenters. The molecule has 2 aromatic carbocycles. The van der Waals surface area contributed by atoms with Crippen LogP contribution in [0.25, 0.3) is 11.3 Å². The number of nitriles is 1. The first-order chi connectivity index (χ1) is 15.2. The van der Waals surface area contributed by atoms with Gasteiger partial charge in [-0.3, -0.25) is 5.10 Å². The third-order valence-corrected chi connectivity index (χ3v) is 4.61. The molecule has 3 aromatic rings. The zero-order chi connectivity index (χ0) is 23.5. The molecule has 0 aliphatic heterocycles. The summed E-state index contributed by atoms with van der Waals surface area (Å²) in [6, 6.07) is 13.4. The molecule has 3 N–H and O–H groups in total. The summed E-state index contributed by atoms with van der Waals surface area (Å²) in [5, 5.41) is 27.0. The van der Waals surface area contributed by atoms with Gasteiger partial charge in [-0.25, -0.2) is 4.79 Å². The topological polar surface area (TPSA) is 120 Å². The van der Waals surface area contributed by atoms with Gasteiger partial charge in [-0.15, -0.1) is 0 Å². The lowest BCUT2D eigenvalue weighted by atomic mass is 10.1. The number of carboxylic acid groups (broad SMARTS) is 1. The Labute approximate surface area is 180 Å². The standard InChI is InChI=1S/C19H16N4O2.C2HF3O2/c1-24-16-8-12-7-15-18(14(12)9-17(16)25-2)22-23-19(15)21-13-5-3-4-11(6-13)10-20;3-2(4,5)1(6)7/h3-6,8-9H,7H2,1-2H3,(H2,21,22,23);(H,6,7). The van der Waals surface area contributed by atoms with Crippen LogP contribution in [0.2, 0.25) is 0 Å². The number of fused-ring (bicyclic) bond motifs is 3. The van der Waals surface area contributed by atoms with E-state index in [9.17, 15) is 13.2 Å². The molecule has 4 rings (SSSR count). The van der Waals surface area contributed by atoms with Crippen LogP contribution in [0.1, 0.15) is 16.7 Å². The van der Waals surface area contributed by atoms with Crippen molar-refractivity contribution in [3.8, 4) is 28.8 Å². The number of halogens is 3. The summed E-state index contributed by atoms with van der Waals surface area (Å²) in [7, 11) is 3.26. The van der Waals surface area contributed by atoms with E-state index in [0.717, 1.165) is 46.1 Å². The smallest absolute Gasteiger partial charge is 0.490 e. The van der Waals surface area contributed by atoms with E-state index in [1.807, 2.05) is 24.3 Å². The zero-order valence-electron chi connectivity index (χ0n) is 16.9. The first-order valence-corrected chi connectivity index (χ1v) is 9.07. The highest BCUT2D eigenvalue weighted by Gasteiger charge is 2.38. The van der Waals surface area contributed by atoms with Gasteiger partial charge in [-0.2, -0.15) is 23.5 Å². The third kappa shape index (κ3) is 4.59. The maximum absolute atomic E-state index is 10.6. The molecule has 0 fully saturated rings.